The predicted molar refractivity (Wildman–Crippen MR) is 88.0 cm³/mol. The van der Waals surface area contributed by atoms with Crippen molar-refractivity contribution in [3.05, 3.63) is 0 Å². The topological polar surface area (TPSA) is 15.3 Å². The highest BCUT2D eigenvalue weighted by atomic mass is 15.2. The first-order chi connectivity index (χ1) is 9.35. The van der Waals surface area contributed by atoms with Crippen molar-refractivity contribution >= 4 is 0 Å². The number of hydrogen-bond acceptors (Lipinski definition) is 2. The Bertz CT molecular complexity index is 292. The van der Waals surface area contributed by atoms with Crippen LogP contribution in [-0.4, -0.2) is 36.6 Å². The normalized spacial score (nSPS) is 34.0. The van der Waals surface area contributed by atoms with Crippen molar-refractivity contribution in [1.82, 2.24) is 10.2 Å². The molecular weight excluding hydrogens is 244 g/mol. The molecule has 0 radical (unpaired) electrons. The van der Waals surface area contributed by atoms with Crippen molar-refractivity contribution in [2.75, 3.05) is 19.6 Å². The fraction of sp³-hybridized carbons (Fsp3) is 1.00. The summed E-state index contributed by atoms with van der Waals surface area (Å²) in [6.45, 7) is 15.9. The lowest BCUT2D eigenvalue weighted by molar-refractivity contribution is 0.0544. The third kappa shape index (κ3) is 4.73. The molecule has 1 heterocycles. The van der Waals surface area contributed by atoms with Gasteiger partial charge < -0.3 is 5.32 Å². The molecule has 0 aromatic carbocycles. The zero-order valence-corrected chi connectivity index (χ0v) is 14.4. The van der Waals surface area contributed by atoms with Gasteiger partial charge in [-0.15, -0.1) is 0 Å². The van der Waals surface area contributed by atoms with Crippen LogP contribution in [0.2, 0.25) is 0 Å². The number of nitrogens with zero attached hydrogens (tertiary/aromatic N) is 1. The first-order valence-electron chi connectivity index (χ1n) is 8.83. The Morgan fingerprint density at radius 1 is 1.25 bits per heavy atom. The first kappa shape index (κ1) is 16.3. The molecule has 1 aliphatic heterocycles. The van der Waals surface area contributed by atoms with E-state index in [1.807, 2.05) is 0 Å². The average Bonchev–Trinajstić information content (AvgIpc) is 2.77. The zero-order valence-electron chi connectivity index (χ0n) is 14.4. The van der Waals surface area contributed by atoms with E-state index >= 15 is 0 Å². The standard InChI is InChI=1S/C18H36N2/c1-14(2)12-20(13-16-7-6-8-19-16)17-9-15(3)10-18(4,5)11-17/h14-17,19H,6-13H2,1-5H3. The van der Waals surface area contributed by atoms with Gasteiger partial charge in [-0.05, 0) is 55.9 Å². The molecule has 3 unspecified atom stereocenters. The highest BCUT2D eigenvalue weighted by Gasteiger charge is 2.35. The largest absolute Gasteiger partial charge is 0.313 e. The molecule has 20 heavy (non-hydrogen) atoms. The Balaban J connectivity index is 2.00. The van der Waals surface area contributed by atoms with Crippen molar-refractivity contribution < 1.29 is 0 Å². The van der Waals surface area contributed by atoms with E-state index in [1.54, 1.807) is 0 Å². The molecule has 1 saturated heterocycles. The lowest BCUT2D eigenvalue weighted by Crippen LogP contribution is -2.49. The molecule has 1 N–H and O–H groups in total. The van der Waals surface area contributed by atoms with Crippen LogP contribution in [-0.2, 0) is 0 Å². The van der Waals surface area contributed by atoms with E-state index in [4.69, 9.17) is 0 Å². The van der Waals surface area contributed by atoms with Gasteiger partial charge in [-0.1, -0.05) is 34.6 Å². The summed E-state index contributed by atoms with van der Waals surface area (Å²) in [5, 5.41) is 3.69. The third-order valence-corrected chi connectivity index (χ3v) is 5.10. The van der Waals surface area contributed by atoms with Crippen LogP contribution in [0.25, 0.3) is 0 Å². The molecule has 2 fully saturated rings. The number of hydrogen-bond donors (Lipinski definition) is 1. The molecule has 0 amide bonds. The molecule has 0 aromatic heterocycles. The molecule has 2 aliphatic rings. The minimum Gasteiger partial charge on any atom is -0.313 e. The monoisotopic (exact) mass is 280 g/mol. The minimum absolute atomic E-state index is 0.528. The van der Waals surface area contributed by atoms with E-state index in [-0.39, 0.29) is 0 Å². The molecule has 2 heteroatoms. The molecule has 0 aromatic rings. The van der Waals surface area contributed by atoms with Crippen LogP contribution in [0.3, 0.4) is 0 Å². The molecule has 1 aliphatic carbocycles. The molecule has 118 valence electrons. The summed E-state index contributed by atoms with van der Waals surface area (Å²) in [5.41, 5.74) is 0.528. The van der Waals surface area contributed by atoms with E-state index in [1.165, 1.54) is 51.7 Å². The SMILES string of the molecule is CC(C)CN(CC1CCCN1)C1CC(C)CC(C)(C)C1. The van der Waals surface area contributed by atoms with Gasteiger partial charge in [0.05, 0.1) is 0 Å². The van der Waals surface area contributed by atoms with Crippen LogP contribution < -0.4 is 5.32 Å². The van der Waals surface area contributed by atoms with Crippen molar-refractivity contribution in [3.8, 4) is 0 Å². The lowest BCUT2D eigenvalue weighted by atomic mass is 9.70. The highest BCUT2D eigenvalue weighted by molar-refractivity contribution is 4.90. The molecule has 1 saturated carbocycles. The van der Waals surface area contributed by atoms with Crippen molar-refractivity contribution in [1.29, 1.82) is 0 Å². The average molecular weight is 280 g/mol. The summed E-state index contributed by atoms with van der Waals surface area (Å²) in [7, 11) is 0. The molecule has 0 spiro atoms. The van der Waals surface area contributed by atoms with Gasteiger partial charge in [-0.25, -0.2) is 0 Å². The second-order valence-electron chi connectivity index (χ2n) is 8.71. The van der Waals surface area contributed by atoms with Gasteiger partial charge in [0.15, 0.2) is 0 Å². The van der Waals surface area contributed by atoms with Crippen LogP contribution in [0.4, 0.5) is 0 Å². The minimum atomic E-state index is 0.528. The van der Waals surface area contributed by atoms with Gasteiger partial charge >= 0.3 is 0 Å². The summed E-state index contributed by atoms with van der Waals surface area (Å²) < 4.78 is 0. The second-order valence-corrected chi connectivity index (χ2v) is 8.71. The Morgan fingerprint density at radius 2 is 2.00 bits per heavy atom. The van der Waals surface area contributed by atoms with Crippen LogP contribution in [0.1, 0.15) is 66.7 Å². The van der Waals surface area contributed by atoms with E-state index in [0.29, 0.717) is 5.41 Å². The summed E-state index contributed by atoms with van der Waals surface area (Å²) in [6.07, 6.45) is 6.94. The van der Waals surface area contributed by atoms with Gasteiger partial charge in [0.25, 0.3) is 0 Å². The summed E-state index contributed by atoms with van der Waals surface area (Å²) in [5.74, 6) is 1.66. The van der Waals surface area contributed by atoms with Crippen LogP contribution in [0, 0.1) is 17.3 Å². The quantitative estimate of drug-likeness (QED) is 0.821. The van der Waals surface area contributed by atoms with Gasteiger partial charge in [-0.2, -0.15) is 0 Å². The second kappa shape index (κ2) is 6.79. The lowest BCUT2D eigenvalue weighted by Gasteiger charge is -2.45. The highest BCUT2D eigenvalue weighted by Crippen LogP contribution is 2.40. The van der Waals surface area contributed by atoms with Crippen LogP contribution >= 0.6 is 0 Å². The fourth-order valence-corrected chi connectivity index (χ4v) is 4.61. The zero-order chi connectivity index (χ0) is 14.8. The van der Waals surface area contributed by atoms with E-state index in [9.17, 15) is 0 Å². The van der Waals surface area contributed by atoms with Crippen molar-refractivity contribution in [2.45, 2.75) is 78.8 Å². The Morgan fingerprint density at radius 3 is 2.55 bits per heavy atom. The third-order valence-electron chi connectivity index (χ3n) is 5.10. The predicted octanol–water partition coefficient (Wildman–Crippen LogP) is 3.91. The fourth-order valence-electron chi connectivity index (χ4n) is 4.61. The summed E-state index contributed by atoms with van der Waals surface area (Å²) >= 11 is 0. The molecule has 0 bridgehead atoms. The van der Waals surface area contributed by atoms with Crippen LogP contribution in [0.15, 0.2) is 0 Å². The number of nitrogens with one attached hydrogen (secondary N) is 1. The number of rotatable bonds is 5. The van der Waals surface area contributed by atoms with Gasteiger partial charge in [0, 0.05) is 25.2 Å². The smallest absolute Gasteiger partial charge is 0.0195 e. The van der Waals surface area contributed by atoms with Crippen LogP contribution in [0.5, 0.6) is 0 Å². The van der Waals surface area contributed by atoms with E-state index in [2.05, 4.69) is 44.8 Å². The van der Waals surface area contributed by atoms with E-state index < -0.39 is 0 Å². The Labute approximate surface area is 126 Å². The maximum atomic E-state index is 3.69. The summed E-state index contributed by atoms with van der Waals surface area (Å²) in [6, 6.07) is 1.55. The van der Waals surface area contributed by atoms with E-state index in [0.717, 1.165) is 23.9 Å². The molecular formula is C18H36N2. The van der Waals surface area contributed by atoms with Crippen molar-refractivity contribution in [3.63, 3.8) is 0 Å². The molecule has 2 nitrogen and oxygen atoms in total. The Hall–Kier alpha value is -0.0800. The maximum Gasteiger partial charge on any atom is 0.0195 e. The van der Waals surface area contributed by atoms with Gasteiger partial charge in [0.2, 0.25) is 0 Å². The van der Waals surface area contributed by atoms with Gasteiger partial charge in [0.1, 0.15) is 0 Å². The first-order valence-corrected chi connectivity index (χ1v) is 8.83. The molecule has 2 rings (SSSR count). The Kier molecular flexibility index (Phi) is 5.53. The van der Waals surface area contributed by atoms with Gasteiger partial charge in [-0.3, -0.25) is 4.90 Å². The summed E-state index contributed by atoms with van der Waals surface area (Å²) in [4.78, 5) is 2.82. The maximum absolute atomic E-state index is 3.69. The molecule has 3 atom stereocenters. The van der Waals surface area contributed by atoms with Crippen molar-refractivity contribution in [2.24, 2.45) is 17.3 Å².